The number of hydrogen-bond acceptors (Lipinski definition) is 9. The molecule has 0 bridgehead atoms. The van der Waals surface area contributed by atoms with Crippen molar-refractivity contribution in [3.05, 3.63) is 132 Å². The van der Waals surface area contributed by atoms with E-state index in [1.165, 1.54) is 12.0 Å². The van der Waals surface area contributed by atoms with Gasteiger partial charge >= 0.3 is 0 Å². The van der Waals surface area contributed by atoms with E-state index in [9.17, 15) is 9.59 Å². The average Bonchev–Trinajstić information content (AvgIpc) is 3.53. The molecule has 1 saturated heterocycles. The Balaban J connectivity index is 0.998. The first-order valence-corrected chi connectivity index (χ1v) is 17.6. The van der Waals surface area contributed by atoms with Crippen LogP contribution in [0.4, 0.5) is 22.9 Å². The van der Waals surface area contributed by atoms with Crippen LogP contribution in [0, 0.1) is 0 Å². The van der Waals surface area contributed by atoms with Gasteiger partial charge in [-0.3, -0.25) is 9.59 Å². The number of hydrogen-bond donors (Lipinski definition) is 3. The van der Waals surface area contributed by atoms with Gasteiger partial charge in [0.1, 0.15) is 18.2 Å². The van der Waals surface area contributed by atoms with Crippen LogP contribution >= 0.6 is 0 Å². The maximum absolute atomic E-state index is 14.1. The first-order valence-electron chi connectivity index (χ1n) is 17.6. The molecule has 53 heavy (non-hydrogen) atoms. The largest absolute Gasteiger partial charge is 0.493 e. The number of rotatable bonds is 10. The summed E-state index contributed by atoms with van der Waals surface area (Å²) >= 11 is 0. The smallest absolute Gasteiger partial charge is 0.255 e. The van der Waals surface area contributed by atoms with E-state index in [2.05, 4.69) is 61.2 Å². The van der Waals surface area contributed by atoms with Crippen molar-refractivity contribution in [1.29, 1.82) is 0 Å². The van der Waals surface area contributed by atoms with Crippen molar-refractivity contribution >= 4 is 45.6 Å². The summed E-state index contributed by atoms with van der Waals surface area (Å²) in [6, 6.07) is 34.1. The molecule has 3 heterocycles. The first-order chi connectivity index (χ1) is 26.0. The van der Waals surface area contributed by atoms with Gasteiger partial charge in [0, 0.05) is 66.8 Å². The lowest BCUT2D eigenvalue weighted by Gasteiger charge is -2.29. The molecule has 1 aromatic heterocycles. The highest BCUT2D eigenvalue weighted by Crippen LogP contribution is 2.37. The van der Waals surface area contributed by atoms with Gasteiger partial charge in [0.25, 0.3) is 11.8 Å². The minimum atomic E-state index is -0.838. The third kappa shape index (κ3) is 6.82. The summed E-state index contributed by atoms with van der Waals surface area (Å²) < 4.78 is 10.9. The predicted molar refractivity (Wildman–Crippen MR) is 207 cm³/mol. The summed E-state index contributed by atoms with van der Waals surface area (Å²) in [5, 5.41) is 10.6. The van der Waals surface area contributed by atoms with Gasteiger partial charge in [0.05, 0.1) is 19.7 Å². The van der Waals surface area contributed by atoms with Crippen molar-refractivity contribution in [3.8, 4) is 22.6 Å². The fourth-order valence-corrected chi connectivity index (χ4v) is 7.09. The molecule has 8 rings (SSSR count). The number of fused-ring (bicyclic) bond motifs is 2. The van der Waals surface area contributed by atoms with Gasteiger partial charge in [0.2, 0.25) is 0 Å². The monoisotopic (exact) mass is 705 g/mol. The second-order valence-electron chi connectivity index (χ2n) is 13.0. The van der Waals surface area contributed by atoms with Gasteiger partial charge in [-0.15, -0.1) is 0 Å². The summed E-state index contributed by atoms with van der Waals surface area (Å²) in [4.78, 5) is 40.9. The maximum atomic E-state index is 14.1. The lowest BCUT2D eigenvalue weighted by molar-refractivity contribution is -0.120. The van der Waals surface area contributed by atoms with Crippen LogP contribution in [-0.4, -0.2) is 67.1 Å². The van der Waals surface area contributed by atoms with E-state index in [-0.39, 0.29) is 11.8 Å². The zero-order valence-corrected chi connectivity index (χ0v) is 29.5. The molecule has 0 spiro atoms. The molecule has 2 aliphatic heterocycles. The number of aromatic nitrogens is 2. The van der Waals surface area contributed by atoms with E-state index in [1.54, 1.807) is 25.2 Å². The number of nitrogens with zero attached hydrogens (tertiary/aromatic N) is 4. The molecule has 0 radical (unpaired) electrons. The number of anilines is 4. The standard InChI is InChI=1S/C42H39N7O4/c1-52-37-23-35-36(24-38(37)53-2)44-26-45-40(35)46-31-11-13-32(14-12-31)47-41(50)39(28-6-4-3-5-7-28)49-25-30-22-29(10-17-34(30)42(49)51)27-8-15-33(16-9-27)48-20-18-43-19-21-48/h3-17,22-24,26,39,43H,18-21,25H2,1-2H3,(H,47,50)(H,44,45,46). The molecule has 11 nitrogen and oxygen atoms in total. The molecule has 1 unspecified atom stereocenters. The van der Waals surface area contributed by atoms with Crippen LogP contribution in [0.25, 0.3) is 22.0 Å². The number of benzene rings is 5. The van der Waals surface area contributed by atoms with Gasteiger partial charge in [0.15, 0.2) is 11.5 Å². The molecule has 266 valence electrons. The van der Waals surface area contributed by atoms with E-state index < -0.39 is 6.04 Å². The van der Waals surface area contributed by atoms with E-state index in [0.29, 0.717) is 40.6 Å². The molecule has 1 atom stereocenters. The molecule has 2 aliphatic rings. The molecule has 1 fully saturated rings. The minimum absolute atomic E-state index is 0.171. The average molecular weight is 706 g/mol. The van der Waals surface area contributed by atoms with Gasteiger partial charge in [-0.05, 0) is 76.9 Å². The van der Waals surface area contributed by atoms with Crippen LogP contribution in [-0.2, 0) is 11.3 Å². The lowest BCUT2D eigenvalue weighted by atomic mass is 10.00. The minimum Gasteiger partial charge on any atom is -0.493 e. The summed E-state index contributed by atoms with van der Waals surface area (Å²) in [6.07, 6.45) is 1.49. The Kier molecular flexibility index (Phi) is 9.30. The van der Waals surface area contributed by atoms with Crippen LogP contribution in [0.15, 0.2) is 116 Å². The highest BCUT2D eigenvalue weighted by Gasteiger charge is 2.37. The number of piperazine rings is 1. The van der Waals surface area contributed by atoms with Gasteiger partial charge in [-0.25, -0.2) is 9.97 Å². The Morgan fingerprint density at radius 2 is 1.49 bits per heavy atom. The lowest BCUT2D eigenvalue weighted by Crippen LogP contribution is -2.43. The number of ether oxygens (including phenoxy) is 2. The van der Waals surface area contributed by atoms with Crippen molar-refractivity contribution in [1.82, 2.24) is 20.2 Å². The van der Waals surface area contributed by atoms with E-state index >= 15 is 0 Å². The van der Waals surface area contributed by atoms with Gasteiger partial charge in [-0.2, -0.15) is 0 Å². The van der Waals surface area contributed by atoms with Crippen LogP contribution < -0.4 is 30.3 Å². The molecule has 2 amide bonds. The number of nitrogens with one attached hydrogen (secondary N) is 3. The molecular formula is C42H39N7O4. The summed E-state index contributed by atoms with van der Waals surface area (Å²) in [7, 11) is 3.16. The third-order valence-electron chi connectivity index (χ3n) is 9.85. The fourth-order valence-electron chi connectivity index (χ4n) is 7.09. The zero-order valence-electron chi connectivity index (χ0n) is 29.5. The highest BCUT2D eigenvalue weighted by molar-refractivity contribution is 6.04. The second-order valence-corrected chi connectivity index (χ2v) is 13.0. The SMILES string of the molecule is COc1cc2ncnc(Nc3ccc(NC(=O)C(c4ccccc4)N4Cc5cc(-c6ccc(N7CCNCC7)cc6)ccc5C4=O)cc3)c2cc1OC. The zero-order chi connectivity index (χ0) is 36.3. The van der Waals surface area contributed by atoms with Crippen molar-refractivity contribution in [2.45, 2.75) is 12.6 Å². The Morgan fingerprint density at radius 1 is 0.792 bits per heavy atom. The molecule has 6 aromatic rings. The number of amides is 2. The summed E-state index contributed by atoms with van der Waals surface area (Å²) in [5.41, 5.74) is 7.63. The third-order valence-corrected chi connectivity index (χ3v) is 9.85. The Morgan fingerprint density at radius 3 is 2.23 bits per heavy atom. The molecule has 3 N–H and O–H groups in total. The quantitative estimate of drug-likeness (QED) is 0.141. The van der Waals surface area contributed by atoms with E-state index in [0.717, 1.165) is 59.5 Å². The Bertz CT molecular complexity index is 2280. The molecule has 11 heteroatoms. The normalized spacial score (nSPS) is 14.5. The number of carbonyl (C=O) groups is 2. The maximum Gasteiger partial charge on any atom is 0.255 e. The van der Waals surface area contributed by atoms with Crippen molar-refractivity contribution in [3.63, 3.8) is 0 Å². The summed E-state index contributed by atoms with van der Waals surface area (Å²) in [6.45, 7) is 4.27. The molecule has 5 aromatic carbocycles. The second kappa shape index (κ2) is 14.6. The van der Waals surface area contributed by atoms with Crippen molar-refractivity contribution < 1.29 is 19.1 Å². The van der Waals surface area contributed by atoms with Crippen LogP contribution in [0.3, 0.4) is 0 Å². The predicted octanol–water partition coefficient (Wildman–Crippen LogP) is 6.80. The van der Waals surface area contributed by atoms with Crippen molar-refractivity contribution in [2.24, 2.45) is 0 Å². The summed E-state index contributed by atoms with van der Waals surface area (Å²) in [5.74, 6) is 1.27. The highest BCUT2D eigenvalue weighted by atomic mass is 16.5. The van der Waals surface area contributed by atoms with Gasteiger partial charge in [-0.1, -0.05) is 48.5 Å². The Hall–Kier alpha value is -6.46. The topological polar surface area (TPSA) is 121 Å². The van der Waals surface area contributed by atoms with E-state index in [1.807, 2.05) is 72.8 Å². The van der Waals surface area contributed by atoms with Crippen LogP contribution in [0.1, 0.15) is 27.5 Å². The Labute approximate surface area is 307 Å². The van der Waals surface area contributed by atoms with Crippen LogP contribution in [0.2, 0.25) is 0 Å². The molecule has 0 saturated carbocycles. The number of carbonyl (C=O) groups excluding carboxylic acids is 2. The van der Waals surface area contributed by atoms with E-state index in [4.69, 9.17) is 9.47 Å². The first kappa shape index (κ1) is 33.7. The molecule has 0 aliphatic carbocycles. The fraction of sp³-hybridized carbons (Fsp3) is 0.190. The molecular weight excluding hydrogens is 667 g/mol. The van der Waals surface area contributed by atoms with Crippen LogP contribution in [0.5, 0.6) is 11.5 Å². The number of methoxy groups -OCH3 is 2. The van der Waals surface area contributed by atoms with Crippen molar-refractivity contribution in [2.75, 3.05) is 55.9 Å². The van der Waals surface area contributed by atoms with Gasteiger partial charge < -0.3 is 35.2 Å².